The van der Waals surface area contributed by atoms with Crippen LogP contribution in [0.3, 0.4) is 0 Å². The number of benzene rings is 1. The van der Waals surface area contributed by atoms with E-state index >= 15 is 0 Å². The van der Waals surface area contributed by atoms with E-state index in [9.17, 15) is 5.11 Å². The van der Waals surface area contributed by atoms with Gasteiger partial charge in [0, 0.05) is 17.6 Å². The van der Waals surface area contributed by atoms with Gasteiger partial charge in [0.1, 0.15) is 0 Å². The Balaban J connectivity index is 1.83. The molecule has 0 fully saturated rings. The molecule has 2 rings (SSSR count). The third-order valence-electron chi connectivity index (χ3n) is 3.41. The summed E-state index contributed by atoms with van der Waals surface area (Å²) >= 11 is 3.51. The normalized spacial score (nSPS) is 19.8. The Morgan fingerprint density at radius 1 is 1.56 bits per heavy atom. The number of hydrogen-bond donors (Lipinski definition) is 2. The van der Waals surface area contributed by atoms with E-state index in [-0.39, 0.29) is 6.10 Å². The minimum atomic E-state index is -0.367. The molecule has 2 atom stereocenters. The Labute approximate surface area is 117 Å². The van der Waals surface area contributed by atoms with Crippen LogP contribution in [0.5, 0.6) is 0 Å². The second kappa shape index (κ2) is 6.66. The highest BCUT2D eigenvalue weighted by atomic mass is 79.9. The van der Waals surface area contributed by atoms with Crippen molar-refractivity contribution in [3.8, 4) is 0 Å². The number of nitrogens with one attached hydrogen (secondary N) is 1. The summed E-state index contributed by atoms with van der Waals surface area (Å²) in [4.78, 5) is 0. The SMILES string of the molecule is COCC(O)CCNC1CCc2cc(Br)ccc21. The van der Waals surface area contributed by atoms with Crippen molar-refractivity contribution >= 4 is 15.9 Å². The lowest BCUT2D eigenvalue weighted by molar-refractivity contribution is 0.0590. The molecule has 0 aromatic heterocycles. The van der Waals surface area contributed by atoms with Crippen LogP contribution in [0.25, 0.3) is 0 Å². The molecular weight excluding hydrogens is 294 g/mol. The lowest BCUT2D eigenvalue weighted by Crippen LogP contribution is -2.25. The van der Waals surface area contributed by atoms with E-state index in [0.29, 0.717) is 12.6 Å². The maximum atomic E-state index is 9.58. The van der Waals surface area contributed by atoms with Gasteiger partial charge in [-0.05, 0) is 49.1 Å². The Kier molecular flexibility index (Phi) is 5.18. The number of aliphatic hydroxyl groups excluding tert-OH is 1. The van der Waals surface area contributed by atoms with Crippen LogP contribution in [-0.4, -0.2) is 31.5 Å². The van der Waals surface area contributed by atoms with Gasteiger partial charge in [-0.1, -0.05) is 22.0 Å². The molecule has 2 unspecified atom stereocenters. The predicted molar refractivity (Wildman–Crippen MR) is 75.7 cm³/mol. The zero-order valence-corrected chi connectivity index (χ0v) is 12.2. The molecule has 1 aromatic carbocycles. The Morgan fingerprint density at radius 3 is 3.17 bits per heavy atom. The molecule has 3 nitrogen and oxygen atoms in total. The molecule has 2 N–H and O–H groups in total. The van der Waals surface area contributed by atoms with Gasteiger partial charge in [-0.2, -0.15) is 0 Å². The van der Waals surface area contributed by atoms with Crippen LogP contribution in [0, 0.1) is 0 Å². The Bertz CT molecular complexity index is 397. The lowest BCUT2D eigenvalue weighted by Gasteiger charge is -2.16. The molecule has 0 radical (unpaired) electrons. The first-order valence-corrected chi connectivity index (χ1v) is 7.18. The number of aliphatic hydroxyl groups is 1. The lowest BCUT2D eigenvalue weighted by atomic mass is 10.1. The molecule has 1 aliphatic rings. The zero-order valence-electron chi connectivity index (χ0n) is 10.7. The molecular formula is C14H20BrNO2. The third-order valence-corrected chi connectivity index (χ3v) is 3.90. The fourth-order valence-electron chi connectivity index (χ4n) is 2.50. The van der Waals surface area contributed by atoms with Gasteiger partial charge in [-0.3, -0.25) is 0 Å². The standard InChI is InChI=1S/C14H20BrNO2/c1-18-9-12(17)6-7-16-14-5-2-10-8-11(15)3-4-13(10)14/h3-4,8,12,14,16-17H,2,5-7,9H2,1H3. The second-order valence-electron chi connectivity index (χ2n) is 4.79. The molecule has 1 aliphatic carbocycles. The summed E-state index contributed by atoms with van der Waals surface area (Å²) in [5, 5.41) is 13.1. The highest BCUT2D eigenvalue weighted by molar-refractivity contribution is 9.10. The Hall–Kier alpha value is -0.420. The van der Waals surface area contributed by atoms with Gasteiger partial charge in [-0.15, -0.1) is 0 Å². The number of hydrogen-bond acceptors (Lipinski definition) is 3. The molecule has 1 aromatic rings. The van der Waals surface area contributed by atoms with Gasteiger partial charge in [-0.25, -0.2) is 0 Å². The summed E-state index contributed by atoms with van der Waals surface area (Å²) in [6.45, 7) is 1.24. The zero-order chi connectivity index (χ0) is 13.0. The number of aryl methyl sites for hydroxylation is 1. The van der Waals surface area contributed by atoms with E-state index in [2.05, 4.69) is 39.4 Å². The van der Waals surface area contributed by atoms with Crippen molar-refractivity contribution in [2.24, 2.45) is 0 Å². The number of rotatable bonds is 6. The van der Waals surface area contributed by atoms with E-state index in [4.69, 9.17) is 4.74 Å². The van der Waals surface area contributed by atoms with Crippen molar-refractivity contribution < 1.29 is 9.84 Å². The van der Waals surface area contributed by atoms with Crippen LogP contribution in [0.4, 0.5) is 0 Å². The first-order valence-electron chi connectivity index (χ1n) is 6.39. The van der Waals surface area contributed by atoms with E-state index in [1.54, 1.807) is 7.11 Å². The van der Waals surface area contributed by atoms with E-state index in [1.165, 1.54) is 11.1 Å². The maximum Gasteiger partial charge on any atom is 0.0785 e. The highest BCUT2D eigenvalue weighted by Crippen LogP contribution is 2.32. The molecule has 18 heavy (non-hydrogen) atoms. The molecule has 0 saturated heterocycles. The summed E-state index contributed by atoms with van der Waals surface area (Å²) < 4.78 is 6.06. The average Bonchev–Trinajstić information content (AvgIpc) is 2.72. The van der Waals surface area contributed by atoms with Gasteiger partial charge in [0.2, 0.25) is 0 Å². The molecule has 0 saturated carbocycles. The first kappa shape index (κ1) is 14.0. The summed E-state index contributed by atoms with van der Waals surface area (Å²) in [5.41, 5.74) is 2.83. The van der Waals surface area contributed by atoms with Crippen molar-refractivity contribution in [2.75, 3.05) is 20.3 Å². The summed E-state index contributed by atoms with van der Waals surface area (Å²) in [6.07, 6.45) is 2.64. The fraction of sp³-hybridized carbons (Fsp3) is 0.571. The summed E-state index contributed by atoms with van der Waals surface area (Å²) in [6, 6.07) is 6.92. The van der Waals surface area contributed by atoms with E-state index in [0.717, 1.165) is 30.3 Å². The van der Waals surface area contributed by atoms with Crippen LogP contribution in [0.15, 0.2) is 22.7 Å². The number of methoxy groups -OCH3 is 1. The van der Waals surface area contributed by atoms with E-state index in [1.807, 2.05) is 0 Å². The summed E-state index contributed by atoms with van der Waals surface area (Å²) in [5.74, 6) is 0. The molecule has 0 amide bonds. The van der Waals surface area contributed by atoms with Crippen LogP contribution >= 0.6 is 15.9 Å². The molecule has 0 aliphatic heterocycles. The number of fused-ring (bicyclic) bond motifs is 1. The van der Waals surface area contributed by atoms with Crippen LogP contribution < -0.4 is 5.32 Å². The van der Waals surface area contributed by atoms with Crippen molar-refractivity contribution in [3.05, 3.63) is 33.8 Å². The van der Waals surface area contributed by atoms with Crippen LogP contribution in [0.1, 0.15) is 30.0 Å². The number of ether oxygens (including phenoxy) is 1. The predicted octanol–water partition coefficient (Wildman–Crippen LogP) is 2.42. The van der Waals surface area contributed by atoms with Crippen LogP contribution in [-0.2, 0) is 11.2 Å². The average molecular weight is 314 g/mol. The number of halogens is 1. The second-order valence-corrected chi connectivity index (χ2v) is 5.70. The first-order chi connectivity index (χ1) is 8.70. The van der Waals surface area contributed by atoms with Gasteiger partial charge in [0.25, 0.3) is 0 Å². The Morgan fingerprint density at radius 2 is 2.39 bits per heavy atom. The molecule has 4 heteroatoms. The van der Waals surface area contributed by atoms with E-state index < -0.39 is 0 Å². The minimum absolute atomic E-state index is 0.367. The highest BCUT2D eigenvalue weighted by Gasteiger charge is 2.21. The van der Waals surface area contributed by atoms with Gasteiger partial charge in [0.05, 0.1) is 12.7 Å². The van der Waals surface area contributed by atoms with Gasteiger partial charge >= 0.3 is 0 Å². The third kappa shape index (κ3) is 3.54. The van der Waals surface area contributed by atoms with Crippen molar-refractivity contribution in [3.63, 3.8) is 0 Å². The topological polar surface area (TPSA) is 41.5 Å². The maximum absolute atomic E-state index is 9.58. The monoisotopic (exact) mass is 313 g/mol. The minimum Gasteiger partial charge on any atom is -0.391 e. The quantitative estimate of drug-likeness (QED) is 0.847. The van der Waals surface area contributed by atoms with Crippen LogP contribution in [0.2, 0.25) is 0 Å². The van der Waals surface area contributed by atoms with Gasteiger partial charge in [0.15, 0.2) is 0 Å². The van der Waals surface area contributed by atoms with Crippen molar-refractivity contribution in [1.82, 2.24) is 5.32 Å². The van der Waals surface area contributed by atoms with Crippen molar-refractivity contribution in [2.45, 2.75) is 31.4 Å². The molecule has 0 spiro atoms. The molecule has 0 bridgehead atoms. The largest absolute Gasteiger partial charge is 0.391 e. The molecule has 100 valence electrons. The van der Waals surface area contributed by atoms with Crippen molar-refractivity contribution in [1.29, 1.82) is 0 Å². The summed E-state index contributed by atoms with van der Waals surface area (Å²) in [7, 11) is 1.61. The smallest absolute Gasteiger partial charge is 0.0785 e. The van der Waals surface area contributed by atoms with Gasteiger partial charge < -0.3 is 15.2 Å². The molecule has 0 heterocycles. The fourth-order valence-corrected chi connectivity index (χ4v) is 2.91.